The van der Waals surface area contributed by atoms with Gasteiger partial charge in [-0.25, -0.2) is 8.42 Å². The highest BCUT2D eigenvalue weighted by Gasteiger charge is 2.18. The molecule has 0 amide bonds. The van der Waals surface area contributed by atoms with E-state index in [-0.39, 0.29) is 5.75 Å². The van der Waals surface area contributed by atoms with E-state index in [1.165, 1.54) is 6.07 Å². The smallest absolute Gasteiger partial charge is 0.182 e. The molecule has 0 spiro atoms. The highest BCUT2D eigenvalue weighted by Crippen LogP contribution is 2.23. The van der Waals surface area contributed by atoms with E-state index >= 15 is 0 Å². The maximum absolute atomic E-state index is 12.5. The first-order valence-corrected chi connectivity index (χ1v) is 7.69. The maximum Gasteiger partial charge on any atom is 0.182 e. The fourth-order valence-electron chi connectivity index (χ4n) is 2.01. The fourth-order valence-corrected chi connectivity index (χ4v) is 3.77. The molecule has 100 valence electrons. The number of nitrogens with two attached hydrogens (primary N) is 1. The van der Waals surface area contributed by atoms with Crippen LogP contribution in [0.2, 0.25) is 0 Å². The number of anilines is 1. The Bertz CT molecular complexity index is 706. The molecule has 0 heterocycles. The number of rotatable bonds is 3. The van der Waals surface area contributed by atoms with Gasteiger partial charge in [-0.1, -0.05) is 30.3 Å². The molecule has 19 heavy (non-hydrogen) atoms. The van der Waals surface area contributed by atoms with Crippen molar-refractivity contribution in [1.82, 2.24) is 0 Å². The summed E-state index contributed by atoms with van der Waals surface area (Å²) in [7, 11) is -3.37. The van der Waals surface area contributed by atoms with Gasteiger partial charge < -0.3 is 5.73 Å². The minimum atomic E-state index is -3.37. The summed E-state index contributed by atoms with van der Waals surface area (Å²) >= 11 is 0. The topological polar surface area (TPSA) is 60.2 Å². The highest BCUT2D eigenvalue weighted by atomic mass is 32.2. The van der Waals surface area contributed by atoms with Gasteiger partial charge in [-0.15, -0.1) is 0 Å². The lowest BCUT2D eigenvalue weighted by Crippen LogP contribution is -2.08. The molecule has 2 rings (SSSR count). The van der Waals surface area contributed by atoms with E-state index in [4.69, 9.17) is 5.73 Å². The summed E-state index contributed by atoms with van der Waals surface area (Å²) in [6.45, 7) is 3.70. The summed E-state index contributed by atoms with van der Waals surface area (Å²) in [6, 6.07) is 12.5. The zero-order valence-electron chi connectivity index (χ0n) is 11.1. The van der Waals surface area contributed by atoms with Gasteiger partial charge in [-0.05, 0) is 42.7 Å². The Balaban J connectivity index is 2.44. The van der Waals surface area contributed by atoms with Gasteiger partial charge in [0.15, 0.2) is 9.84 Å². The third-order valence-corrected chi connectivity index (χ3v) is 4.96. The van der Waals surface area contributed by atoms with Crippen LogP contribution in [0.3, 0.4) is 0 Å². The summed E-state index contributed by atoms with van der Waals surface area (Å²) in [4.78, 5) is 0.316. The van der Waals surface area contributed by atoms with Crippen molar-refractivity contribution in [2.24, 2.45) is 0 Å². The van der Waals surface area contributed by atoms with Crippen molar-refractivity contribution < 1.29 is 8.42 Å². The first-order chi connectivity index (χ1) is 8.90. The van der Waals surface area contributed by atoms with Crippen LogP contribution in [0.25, 0.3) is 0 Å². The Morgan fingerprint density at radius 2 is 1.68 bits per heavy atom. The van der Waals surface area contributed by atoms with Crippen LogP contribution >= 0.6 is 0 Å². The van der Waals surface area contributed by atoms with Gasteiger partial charge in [0.05, 0.1) is 10.6 Å². The molecule has 0 aliphatic rings. The molecule has 0 bridgehead atoms. The van der Waals surface area contributed by atoms with Crippen LogP contribution in [0, 0.1) is 13.8 Å². The molecule has 3 nitrogen and oxygen atoms in total. The number of nitrogen functional groups attached to an aromatic ring is 1. The molecule has 0 atom stereocenters. The molecule has 0 saturated heterocycles. The van der Waals surface area contributed by atoms with E-state index in [9.17, 15) is 8.42 Å². The van der Waals surface area contributed by atoms with E-state index in [1.807, 2.05) is 31.2 Å². The molecule has 0 aliphatic heterocycles. The van der Waals surface area contributed by atoms with Crippen molar-refractivity contribution in [2.75, 3.05) is 5.73 Å². The fraction of sp³-hybridized carbons (Fsp3) is 0.200. The Hall–Kier alpha value is -1.81. The molecule has 0 saturated carbocycles. The Morgan fingerprint density at radius 3 is 2.37 bits per heavy atom. The summed E-state index contributed by atoms with van der Waals surface area (Å²) < 4.78 is 24.9. The quantitative estimate of drug-likeness (QED) is 0.876. The van der Waals surface area contributed by atoms with Gasteiger partial charge in [0.1, 0.15) is 0 Å². The monoisotopic (exact) mass is 275 g/mol. The molecule has 0 aliphatic carbocycles. The van der Waals surface area contributed by atoms with Crippen LogP contribution in [0.1, 0.15) is 16.7 Å². The third kappa shape index (κ3) is 2.96. The summed E-state index contributed by atoms with van der Waals surface area (Å²) in [5.41, 5.74) is 8.68. The van der Waals surface area contributed by atoms with Crippen molar-refractivity contribution in [1.29, 1.82) is 0 Å². The molecular formula is C15H17NO2S. The lowest BCUT2D eigenvalue weighted by molar-refractivity contribution is 0.594. The first-order valence-electron chi connectivity index (χ1n) is 6.03. The zero-order chi connectivity index (χ0) is 14.0. The molecule has 2 N–H and O–H groups in total. The van der Waals surface area contributed by atoms with Gasteiger partial charge in [0.2, 0.25) is 0 Å². The van der Waals surface area contributed by atoms with E-state index in [0.29, 0.717) is 10.6 Å². The Labute approximate surface area is 114 Å². The molecule has 0 unspecified atom stereocenters. The van der Waals surface area contributed by atoms with E-state index < -0.39 is 9.84 Å². The number of benzene rings is 2. The second kappa shape index (κ2) is 5.05. The van der Waals surface area contributed by atoms with E-state index in [0.717, 1.165) is 16.7 Å². The Morgan fingerprint density at radius 1 is 1.00 bits per heavy atom. The molecule has 0 fully saturated rings. The highest BCUT2D eigenvalue weighted by molar-refractivity contribution is 7.90. The van der Waals surface area contributed by atoms with Crippen molar-refractivity contribution in [3.63, 3.8) is 0 Å². The van der Waals surface area contributed by atoms with Crippen LogP contribution < -0.4 is 5.73 Å². The van der Waals surface area contributed by atoms with Gasteiger partial charge in [-0.2, -0.15) is 0 Å². The van der Waals surface area contributed by atoms with Crippen LogP contribution in [0.5, 0.6) is 0 Å². The second-order valence-corrected chi connectivity index (χ2v) is 6.67. The van der Waals surface area contributed by atoms with Crippen molar-refractivity contribution in [2.45, 2.75) is 24.5 Å². The maximum atomic E-state index is 12.5. The third-order valence-electron chi connectivity index (χ3n) is 3.15. The molecule has 4 heteroatoms. The van der Waals surface area contributed by atoms with Crippen LogP contribution in [0.15, 0.2) is 47.4 Å². The van der Waals surface area contributed by atoms with Crippen molar-refractivity contribution in [3.05, 3.63) is 59.2 Å². The lowest BCUT2D eigenvalue weighted by atomic mass is 10.1. The first kappa shape index (κ1) is 13.6. The van der Waals surface area contributed by atoms with E-state index in [1.54, 1.807) is 19.1 Å². The van der Waals surface area contributed by atoms with Gasteiger partial charge >= 0.3 is 0 Å². The normalized spacial score (nSPS) is 11.5. The summed E-state index contributed by atoms with van der Waals surface area (Å²) in [5, 5.41) is 0. The van der Waals surface area contributed by atoms with Crippen LogP contribution in [-0.2, 0) is 15.6 Å². The minimum Gasteiger partial charge on any atom is -0.399 e. The molecule has 0 aromatic heterocycles. The van der Waals surface area contributed by atoms with Crippen LogP contribution in [0.4, 0.5) is 5.69 Å². The number of hydrogen-bond acceptors (Lipinski definition) is 3. The Kier molecular flexibility index (Phi) is 3.62. The minimum absolute atomic E-state index is 0.00394. The predicted molar refractivity (Wildman–Crippen MR) is 77.7 cm³/mol. The second-order valence-electron chi connectivity index (χ2n) is 4.71. The number of aryl methyl sites for hydroxylation is 2. The summed E-state index contributed by atoms with van der Waals surface area (Å²) in [5.74, 6) is 0.00394. The van der Waals surface area contributed by atoms with Gasteiger partial charge in [-0.3, -0.25) is 0 Å². The molecular weight excluding hydrogens is 258 g/mol. The van der Waals surface area contributed by atoms with Gasteiger partial charge in [0, 0.05) is 5.69 Å². The van der Waals surface area contributed by atoms with Crippen LogP contribution in [-0.4, -0.2) is 8.42 Å². The lowest BCUT2D eigenvalue weighted by Gasteiger charge is -2.10. The summed E-state index contributed by atoms with van der Waals surface area (Å²) in [6.07, 6.45) is 0. The largest absolute Gasteiger partial charge is 0.399 e. The molecule has 2 aromatic rings. The SMILES string of the molecule is Cc1ccccc1CS(=O)(=O)c1cc(N)ccc1C. The van der Waals surface area contributed by atoms with Crippen molar-refractivity contribution >= 4 is 15.5 Å². The van der Waals surface area contributed by atoms with Crippen molar-refractivity contribution in [3.8, 4) is 0 Å². The number of hydrogen-bond donors (Lipinski definition) is 1. The molecule has 0 radical (unpaired) electrons. The molecule has 2 aromatic carbocycles. The average Bonchev–Trinajstić information content (AvgIpc) is 2.35. The standard InChI is InChI=1S/C15H17NO2S/c1-11-5-3-4-6-13(11)10-19(17,18)15-9-14(16)8-7-12(15)2/h3-9H,10,16H2,1-2H3. The average molecular weight is 275 g/mol. The van der Waals surface area contributed by atoms with Gasteiger partial charge in [0.25, 0.3) is 0 Å². The van der Waals surface area contributed by atoms with E-state index in [2.05, 4.69) is 0 Å². The predicted octanol–water partition coefficient (Wildman–Crippen LogP) is 2.86. The zero-order valence-corrected chi connectivity index (χ0v) is 11.9. The number of sulfone groups is 1.